The quantitative estimate of drug-likeness (QED) is 0.762. The van der Waals surface area contributed by atoms with E-state index in [1.807, 2.05) is 20.8 Å². The zero-order chi connectivity index (χ0) is 15.6. The summed E-state index contributed by atoms with van der Waals surface area (Å²) < 4.78 is 5.40. The standard InChI is InChI=1S/C16H29NO3/c1-7-8-9-12(14(19)20-15(2,3)4)17-13(18)11-10-16(11,5)6/h11-12H,7-10H2,1-6H3,(H,17,18). The third kappa shape index (κ3) is 5.14. The molecule has 1 aliphatic carbocycles. The first-order chi connectivity index (χ1) is 9.07. The van der Waals surface area contributed by atoms with Crippen molar-refractivity contribution < 1.29 is 14.3 Å². The number of carbonyl (C=O) groups excluding carboxylic acids is 2. The lowest BCUT2D eigenvalue weighted by Crippen LogP contribution is -2.45. The highest BCUT2D eigenvalue weighted by atomic mass is 16.6. The predicted molar refractivity (Wildman–Crippen MR) is 79.2 cm³/mol. The molecule has 0 spiro atoms. The monoisotopic (exact) mass is 283 g/mol. The molecule has 4 nitrogen and oxygen atoms in total. The van der Waals surface area contributed by atoms with Crippen LogP contribution in [-0.4, -0.2) is 23.5 Å². The summed E-state index contributed by atoms with van der Waals surface area (Å²) in [5, 5.41) is 2.88. The Kier molecular flexibility index (Phi) is 5.22. The van der Waals surface area contributed by atoms with Gasteiger partial charge in [0.1, 0.15) is 11.6 Å². The predicted octanol–water partition coefficient (Wildman–Crippen LogP) is 3.05. The Hall–Kier alpha value is -1.06. The Morgan fingerprint density at radius 2 is 1.90 bits per heavy atom. The summed E-state index contributed by atoms with van der Waals surface area (Å²) in [5.41, 5.74) is -0.446. The van der Waals surface area contributed by atoms with Crippen molar-refractivity contribution in [3.8, 4) is 0 Å². The van der Waals surface area contributed by atoms with E-state index in [1.165, 1.54) is 0 Å². The number of carbonyl (C=O) groups is 2. The van der Waals surface area contributed by atoms with E-state index in [0.29, 0.717) is 6.42 Å². The van der Waals surface area contributed by atoms with Gasteiger partial charge in [0, 0.05) is 5.92 Å². The molecule has 0 aliphatic heterocycles. The zero-order valence-electron chi connectivity index (χ0n) is 13.7. The third-order valence-electron chi connectivity index (χ3n) is 3.68. The molecule has 1 fully saturated rings. The van der Waals surface area contributed by atoms with Crippen LogP contribution >= 0.6 is 0 Å². The van der Waals surface area contributed by atoms with Crippen LogP contribution in [0, 0.1) is 11.3 Å². The molecule has 0 aromatic carbocycles. The van der Waals surface area contributed by atoms with Crippen molar-refractivity contribution in [1.29, 1.82) is 0 Å². The van der Waals surface area contributed by atoms with Crippen molar-refractivity contribution in [2.45, 2.75) is 78.9 Å². The van der Waals surface area contributed by atoms with Gasteiger partial charge >= 0.3 is 5.97 Å². The molecule has 0 radical (unpaired) electrons. The van der Waals surface area contributed by atoms with E-state index in [4.69, 9.17) is 4.74 Å². The Morgan fingerprint density at radius 3 is 2.30 bits per heavy atom. The average molecular weight is 283 g/mol. The molecule has 0 aromatic heterocycles. The molecular formula is C16H29NO3. The molecule has 0 bridgehead atoms. The van der Waals surface area contributed by atoms with Gasteiger partial charge in [0.15, 0.2) is 0 Å². The van der Waals surface area contributed by atoms with Crippen LogP contribution in [0.1, 0.15) is 67.2 Å². The van der Waals surface area contributed by atoms with Crippen molar-refractivity contribution in [3.05, 3.63) is 0 Å². The Bertz CT molecular complexity index is 368. The molecule has 0 aromatic rings. The number of rotatable bonds is 6. The van der Waals surface area contributed by atoms with Gasteiger partial charge in [-0.25, -0.2) is 4.79 Å². The fourth-order valence-corrected chi connectivity index (χ4v) is 2.22. The Balaban J connectivity index is 2.60. The van der Waals surface area contributed by atoms with Crippen molar-refractivity contribution in [1.82, 2.24) is 5.32 Å². The maximum Gasteiger partial charge on any atom is 0.329 e. The smallest absolute Gasteiger partial charge is 0.329 e. The minimum atomic E-state index is -0.523. The zero-order valence-corrected chi connectivity index (χ0v) is 13.7. The van der Waals surface area contributed by atoms with E-state index in [1.54, 1.807) is 0 Å². The van der Waals surface area contributed by atoms with Crippen molar-refractivity contribution in [2.75, 3.05) is 0 Å². The maximum absolute atomic E-state index is 12.2. The summed E-state index contributed by atoms with van der Waals surface area (Å²) in [6.07, 6.45) is 3.43. The summed E-state index contributed by atoms with van der Waals surface area (Å²) >= 11 is 0. The second-order valence-electron chi connectivity index (χ2n) is 7.48. The van der Waals surface area contributed by atoms with Crippen LogP contribution in [0.15, 0.2) is 0 Å². The molecule has 0 saturated heterocycles. The summed E-state index contributed by atoms with van der Waals surface area (Å²) in [4.78, 5) is 24.3. The van der Waals surface area contributed by atoms with Crippen LogP contribution in [0.3, 0.4) is 0 Å². The maximum atomic E-state index is 12.2. The first-order valence-corrected chi connectivity index (χ1v) is 7.60. The lowest BCUT2D eigenvalue weighted by molar-refractivity contribution is -0.159. The van der Waals surface area contributed by atoms with Gasteiger partial charge in [-0.1, -0.05) is 33.6 Å². The summed E-state index contributed by atoms with van der Waals surface area (Å²) in [7, 11) is 0. The molecule has 1 saturated carbocycles. The molecule has 116 valence electrons. The van der Waals surface area contributed by atoms with Crippen molar-refractivity contribution >= 4 is 11.9 Å². The molecule has 2 atom stereocenters. The number of unbranched alkanes of at least 4 members (excludes halogenated alkanes) is 1. The van der Waals surface area contributed by atoms with E-state index in [0.717, 1.165) is 19.3 Å². The van der Waals surface area contributed by atoms with Gasteiger partial charge in [-0.15, -0.1) is 0 Å². The van der Waals surface area contributed by atoms with Gasteiger partial charge < -0.3 is 10.1 Å². The largest absolute Gasteiger partial charge is 0.458 e. The van der Waals surface area contributed by atoms with E-state index in [9.17, 15) is 9.59 Å². The van der Waals surface area contributed by atoms with Crippen LogP contribution in [0.2, 0.25) is 0 Å². The molecule has 1 rings (SSSR count). The van der Waals surface area contributed by atoms with Gasteiger partial charge in [0.05, 0.1) is 0 Å². The molecule has 4 heteroatoms. The Labute approximate surface area is 122 Å². The topological polar surface area (TPSA) is 55.4 Å². The lowest BCUT2D eigenvalue weighted by atomic mass is 10.1. The fourth-order valence-electron chi connectivity index (χ4n) is 2.22. The highest BCUT2D eigenvalue weighted by Gasteiger charge is 2.51. The van der Waals surface area contributed by atoms with Gasteiger partial charge in [0.25, 0.3) is 0 Å². The van der Waals surface area contributed by atoms with E-state index < -0.39 is 11.6 Å². The number of hydrogen-bond acceptors (Lipinski definition) is 3. The number of nitrogens with one attached hydrogen (secondary N) is 1. The first-order valence-electron chi connectivity index (χ1n) is 7.60. The van der Waals surface area contributed by atoms with Gasteiger partial charge in [0.2, 0.25) is 5.91 Å². The Morgan fingerprint density at radius 1 is 1.35 bits per heavy atom. The molecule has 20 heavy (non-hydrogen) atoms. The summed E-state index contributed by atoms with van der Waals surface area (Å²) in [6, 6.07) is -0.516. The van der Waals surface area contributed by atoms with E-state index in [2.05, 4.69) is 26.1 Å². The molecule has 0 heterocycles. The second-order valence-corrected chi connectivity index (χ2v) is 7.48. The van der Waals surface area contributed by atoms with Crippen LogP contribution < -0.4 is 5.32 Å². The van der Waals surface area contributed by atoms with Gasteiger partial charge in [-0.2, -0.15) is 0 Å². The normalized spacial score (nSPS) is 22.0. The molecule has 1 N–H and O–H groups in total. The highest BCUT2D eigenvalue weighted by molar-refractivity contribution is 5.87. The van der Waals surface area contributed by atoms with Crippen molar-refractivity contribution in [3.63, 3.8) is 0 Å². The molecule has 2 unspecified atom stereocenters. The SMILES string of the molecule is CCCCC(NC(=O)C1CC1(C)C)C(=O)OC(C)(C)C. The highest BCUT2D eigenvalue weighted by Crippen LogP contribution is 2.51. The second kappa shape index (κ2) is 6.15. The van der Waals surface area contributed by atoms with Gasteiger partial charge in [-0.3, -0.25) is 4.79 Å². The fraction of sp³-hybridized carbons (Fsp3) is 0.875. The van der Waals surface area contributed by atoms with Crippen LogP contribution in [-0.2, 0) is 14.3 Å². The third-order valence-corrected chi connectivity index (χ3v) is 3.68. The lowest BCUT2D eigenvalue weighted by Gasteiger charge is -2.24. The van der Waals surface area contributed by atoms with Gasteiger partial charge in [-0.05, 0) is 39.0 Å². The number of esters is 1. The number of hydrogen-bond donors (Lipinski definition) is 1. The molecule has 1 aliphatic rings. The van der Waals surface area contributed by atoms with Crippen LogP contribution in [0.4, 0.5) is 0 Å². The number of amides is 1. The molecular weight excluding hydrogens is 254 g/mol. The average Bonchev–Trinajstić information content (AvgIpc) is 2.91. The minimum Gasteiger partial charge on any atom is -0.458 e. The van der Waals surface area contributed by atoms with Crippen molar-refractivity contribution in [2.24, 2.45) is 11.3 Å². The summed E-state index contributed by atoms with van der Waals surface area (Å²) in [6.45, 7) is 11.7. The number of ether oxygens (including phenoxy) is 1. The van der Waals surface area contributed by atoms with Crippen LogP contribution in [0.5, 0.6) is 0 Å². The van der Waals surface area contributed by atoms with E-state index in [-0.39, 0.29) is 23.2 Å². The van der Waals surface area contributed by atoms with E-state index >= 15 is 0 Å². The van der Waals surface area contributed by atoms with Crippen LogP contribution in [0.25, 0.3) is 0 Å². The first kappa shape index (κ1) is 17.0. The minimum absolute atomic E-state index is 0.0121. The summed E-state index contributed by atoms with van der Waals surface area (Å²) in [5.74, 6) is -0.297. The molecule has 1 amide bonds.